The van der Waals surface area contributed by atoms with Crippen LogP contribution in [-0.2, 0) is 20.6 Å². The quantitative estimate of drug-likeness (QED) is 0.745. The maximum Gasteiger partial charge on any atom is 0.332 e. The van der Waals surface area contributed by atoms with Gasteiger partial charge in [0.05, 0.1) is 5.84 Å². The molecule has 0 atom stereocenters. The van der Waals surface area contributed by atoms with E-state index in [0.29, 0.717) is 17.7 Å². The van der Waals surface area contributed by atoms with Gasteiger partial charge in [0, 0.05) is 53.2 Å². The summed E-state index contributed by atoms with van der Waals surface area (Å²) in [5.74, 6) is 1.92. The summed E-state index contributed by atoms with van der Waals surface area (Å²) < 4.78 is 4.69. The van der Waals surface area contributed by atoms with Crippen molar-refractivity contribution in [3.8, 4) is 0 Å². The number of nitrogens with one attached hydrogen (secondary N) is 1. The molecular formula is C21H33N7O2. The zero-order valence-corrected chi connectivity index (χ0v) is 18.2. The lowest BCUT2D eigenvalue weighted by atomic mass is 10.1. The summed E-state index contributed by atoms with van der Waals surface area (Å²) in [6.45, 7) is 4.27. The number of hydrogen-bond acceptors (Lipinski definition) is 6. The molecule has 1 N–H and O–H groups in total. The topological polar surface area (TPSA) is 89.4 Å². The highest BCUT2D eigenvalue weighted by Gasteiger charge is 2.23. The van der Waals surface area contributed by atoms with E-state index < -0.39 is 0 Å². The molecule has 2 aliphatic rings. The number of aryl methyl sites for hydroxylation is 2. The summed E-state index contributed by atoms with van der Waals surface area (Å²) in [6.07, 6.45) is 8.98. The maximum atomic E-state index is 13.0. The Morgan fingerprint density at radius 3 is 2.53 bits per heavy atom. The van der Waals surface area contributed by atoms with E-state index in [1.165, 1.54) is 41.9 Å². The summed E-state index contributed by atoms with van der Waals surface area (Å²) >= 11 is 0. The number of anilines is 1. The van der Waals surface area contributed by atoms with Crippen molar-refractivity contribution >= 4 is 22.9 Å². The molecule has 1 fully saturated rings. The summed E-state index contributed by atoms with van der Waals surface area (Å²) in [5, 5.41) is 3.48. The molecule has 0 spiro atoms. The fraction of sp³-hybridized carbons (Fsp3) is 0.714. The Hall–Kier alpha value is -2.58. The van der Waals surface area contributed by atoms with Crippen LogP contribution in [0, 0.1) is 0 Å². The summed E-state index contributed by atoms with van der Waals surface area (Å²) in [5.41, 5.74) is 0.386. The Bertz CT molecular complexity index is 1040. The third-order valence-corrected chi connectivity index (χ3v) is 6.23. The molecule has 2 aromatic rings. The smallest absolute Gasteiger partial charge is 0.332 e. The van der Waals surface area contributed by atoms with Gasteiger partial charge in [-0.2, -0.15) is 4.98 Å². The zero-order chi connectivity index (χ0) is 21.1. The van der Waals surface area contributed by atoms with Gasteiger partial charge in [-0.3, -0.25) is 18.9 Å². The van der Waals surface area contributed by atoms with Gasteiger partial charge in [-0.1, -0.05) is 6.42 Å². The minimum absolute atomic E-state index is 0.273. The first-order valence-corrected chi connectivity index (χ1v) is 11.3. The van der Waals surface area contributed by atoms with Gasteiger partial charge >= 0.3 is 5.69 Å². The van der Waals surface area contributed by atoms with Gasteiger partial charge in [0.2, 0.25) is 5.95 Å². The average Bonchev–Trinajstić information content (AvgIpc) is 2.95. The molecule has 4 rings (SSSR count). The number of aliphatic imine (C=N–C) groups is 1. The van der Waals surface area contributed by atoms with Crippen LogP contribution < -0.4 is 21.5 Å². The second-order valence-corrected chi connectivity index (χ2v) is 8.41. The molecule has 0 amide bonds. The summed E-state index contributed by atoms with van der Waals surface area (Å²) in [4.78, 5) is 37.0. The van der Waals surface area contributed by atoms with Crippen LogP contribution >= 0.6 is 0 Å². The average molecular weight is 416 g/mol. The molecule has 4 heterocycles. The Balaban J connectivity index is 1.61. The predicted octanol–water partition coefficient (Wildman–Crippen LogP) is 1.38. The Kier molecular flexibility index (Phi) is 6.24. The monoisotopic (exact) mass is 415 g/mol. The van der Waals surface area contributed by atoms with Crippen molar-refractivity contribution in [1.29, 1.82) is 0 Å². The SMILES string of the molecule is Cn1c(=O)c2c(nc(N3CCCCC3)n2CCCNC2=NCCCCC2)n(C)c1=O. The Morgan fingerprint density at radius 2 is 1.73 bits per heavy atom. The molecule has 0 aromatic carbocycles. The van der Waals surface area contributed by atoms with Crippen LogP contribution in [0.3, 0.4) is 0 Å². The number of fused-ring (bicyclic) bond motifs is 1. The van der Waals surface area contributed by atoms with Gasteiger partial charge in [-0.15, -0.1) is 0 Å². The van der Waals surface area contributed by atoms with Crippen molar-refractivity contribution in [2.45, 2.75) is 57.9 Å². The number of hydrogen-bond donors (Lipinski definition) is 1. The second kappa shape index (κ2) is 9.06. The highest BCUT2D eigenvalue weighted by molar-refractivity contribution is 5.82. The van der Waals surface area contributed by atoms with Crippen LogP contribution in [0.5, 0.6) is 0 Å². The van der Waals surface area contributed by atoms with Gasteiger partial charge in [0.25, 0.3) is 5.56 Å². The molecule has 2 aromatic heterocycles. The van der Waals surface area contributed by atoms with E-state index in [-0.39, 0.29) is 11.2 Å². The molecule has 0 bridgehead atoms. The number of piperidine rings is 1. The molecule has 0 aliphatic carbocycles. The van der Waals surface area contributed by atoms with Crippen LogP contribution in [0.2, 0.25) is 0 Å². The van der Waals surface area contributed by atoms with Gasteiger partial charge in [-0.25, -0.2) is 4.79 Å². The van der Waals surface area contributed by atoms with Crippen molar-refractivity contribution in [2.24, 2.45) is 19.1 Å². The first-order valence-electron chi connectivity index (χ1n) is 11.3. The van der Waals surface area contributed by atoms with Gasteiger partial charge in [-0.05, 0) is 38.5 Å². The third-order valence-electron chi connectivity index (χ3n) is 6.23. The molecule has 9 heteroatoms. The van der Waals surface area contributed by atoms with Crippen LogP contribution in [0.15, 0.2) is 14.6 Å². The molecule has 164 valence electrons. The van der Waals surface area contributed by atoms with Gasteiger partial charge in [0.1, 0.15) is 0 Å². The standard InChI is InChI=1S/C21H33N7O2/c1-25-18-17(19(29)26(2)21(25)30)28(20(24-18)27-13-7-4-8-14-27)15-9-12-23-16-10-5-3-6-11-22-16/h3-15H2,1-2H3,(H,22,23). The van der Waals surface area contributed by atoms with Crippen molar-refractivity contribution in [3.63, 3.8) is 0 Å². The van der Waals surface area contributed by atoms with E-state index in [4.69, 9.17) is 4.98 Å². The fourth-order valence-electron chi connectivity index (χ4n) is 4.47. The van der Waals surface area contributed by atoms with Gasteiger partial charge < -0.3 is 14.8 Å². The normalized spacial score (nSPS) is 17.8. The summed E-state index contributed by atoms with van der Waals surface area (Å²) in [6, 6.07) is 0. The van der Waals surface area contributed by atoms with E-state index >= 15 is 0 Å². The molecule has 30 heavy (non-hydrogen) atoms. The minimum atomic E-state index is -0.338. The van der Waals surface area contributed by atoms with Crippen molar-refractivity contribution in [2.75, 3.05) is 31.1 Å². The van der Waals surface area contributed by atoms with Crippen LogP contribution in [0.1, 0.15) is 51.4 Å². The van der Waals surface area contributed by atoms with Crippen molar-refractivity contribution in [1.82, 2.24) is 24.0 Å². The van der Waals surface area contributed by atoms with E-state index in [1.807, 2.05) is 4.57 Å². The largest absolute Gasteiger partial charge is 0.374 e. The number of aromatic nitrogens is 4. The first kappa shape index (κ1) is 20.7. The third kappa shape index (κ3) is 4.02. The number of rotatable bonds is 5. The molecule has 0 radical (unpaired) electrons. The molecule has 2 aliphatic heterocycles. The van der Waals surface area contributed by atoms with E-state index in [0.717, 1.165) is 63.6 Å². The highest BCUT2D eigenvalue weighted by Crippen LogP contribution is 2.23. The molecule has 0 unspecified atom stereocenters. The van der Waals surface area contributed by atoms with E-state index in [2.05, 4.69) is 15.2 Å². The Labute approximate surface area is 176 Å². The fourth-order valence-corrected chi connectivity index (χ4v) is 4.47. The van der Waals surface area contributed by atoms with Gasteiger partial charge in [0.15, 0.2) is 11.2 Å². The number of imidazole rings is 1. The first-order chi connectivity index (χ1) is 14.6. The predicted molar refractivity (Wildman–Crippen MR) is 120 cm³/mol. The second-order valence-electron chi connectivity index (χ2n) is 8.41. The highest BCUT2D eigenvalue weighted by atomic mass is 16.2. The number of nitrogens with zero attached hydrogens (tertiary/aromatic N) is 6. The molecule has 1 saturated heterocycles. The van der Waals surface area contributed by atoms with Crippen LogP contribution in [0.4, 0.5) is 5.95 Å². The minimum Gasteiger partial charge on any atom is -0.374 e. The van der Waals surface area contributed by atoms with E-state index in [9.17, 15) is 9.59 Å². The Morgan fingerprint density at radius 1 is 0.967 bits per heavy atom. The zero-order valence-electron chi connectivity index (χ0n) is 18.2. The maximum absolute atomic E-state index is 13.0. The molecule has 0 saturated carbocycles. The number of amidine groups is 1. The van der Waals surface area contributed by atoms with Crippen molar-refractivity contribution < 1.29 is 0 Å². The molecular weight excluding hydrogens is 382 g/mol. The lowest BCUT2D eigenvalue weighted by Gasteiger charge is -2.28. The van der Waals surface area contributed by atoms with E-state index in [1.54, 1.807) is 7.05 Å². The lowest BCUT2D eigenvalue weighted by Crippen LogP contribution is -2.37. The lowest BCUT2D eigenvalue weighted by molar-refractivity contribution is 0.549. The van der Waals surface area contributed by atoms with Crippen LogP contribution in [0.25, 0.3) is 11.2 Å². The van der Waals surface area contributed by atoms with Crippen molar-refractivity contribution in [3.05, 3.63) is 20.8 Å². The molecule has 9 nitrogen and oxygen atoms in total. The summed E-state index contributed by atoms with van der Waals surface area (Å²) in [7, 11) is 3.22. The van der Waals surface area contributed by atoms with Crippen LogP contribution in [-0.4, -0.2) is 50.7 Å².